The van der Waals surface area contributed by atoms with Crippen molar-refractivity contribution in [2.45, 2.75) is 63.8 Å². The first kappa shape index (κ1) is 18.5. The first-order valence-electron chi connectivity index (χ1n) is 10.5. The highest BCUT2D eigenvalue weighted by atomic mass is 16.6. The zero-order chi connectivity index (χ0) is 21.5. The number of cyclic esters (lactones) is 2. The van der Waals surface area contributed by atoms with E-state index in [4.69, 9.17) is 14.2 Å². The van der Waals surface area contributed by atoms with Crippen molar-refractivity contribution >= 4 is 23.5 Å². The molecule has 5 fully saturated rings. The number of rotatable bonds is 0. The van der Waals surface area contributed by atoms with Crippen LogP contribution in [0.3, 0.4) is 0 Å². The van der Waals surface area contributed by atoms with E-state index in [0.29, 0.717) is 12.8 Å². The predicted molar refractivity (Wildman–Crippen MR) is 101 cm³/mol. The summed E-state index contributed by atoms with van der Waals surface area (Å²) >= 11 is 0. The third-order valence-corrected chi connectivity index (χ3v) is 8.86. The van der Waals surface area contributed by atoms with Crippen molar-refractivity contribution in [3.63, 3.8) is 0 Å². The highest BCUT2D eigenvalue weighted by Gasteiger charge is 2.92. The topological polar surface area (TPSA) is 96.0 Å². The van der Waals surface area contributed by atoms with Gasteiger partial charge in [-0.15, -0.1) is 0 Å². The standard InChI is InChI=1S/C23H24O7/c1-19(2)13-5-6-20(3)12(7-11(13)8-15(24)29-19)9-14-16(25)21(4)17(26)23(20)18(27)28-10-22(14,23)30-21/h5,7,12,14H,6,8-10H2,1-4H3/t12?,14?,20-,21+,22+,23+/m0/s1. The van der Waals surface area contributed by atoms with Gasteiger partial charge in [-0.1, -0.05) is 19.1 Å². The Morgan fingerprint density at radius 1 is 1.07 bits per heavy atom. The quantitative estimate of drug-likeness (QED) is 0.442. The lowest BCUT2D eigenvalue weighted by Gasteiger charge is -2.56. The Hall–Kier alpha value is -2.28. The molecule has 0 aromatic rings. The summed E-state index contributed by atoms with van der Waals surface area (Å²) in [5, 5.41) is 0. The number of allylic oxidation sites excluding steroid dienone is 2. The van der Waals surface area contributed by atoms with Gasteiger partial charge in [0.1, 0.15) is 17.8 Å². The highest BCUT2D eigenvalue weighted by Crippen LogP contribution is 2.75. The fourth-order valence-electron chi connectivity index (χ4n) is 7.58. The Morgan fingerprint density at radius 2 is 1.80 bits per heavy atom. The van der Waals surface area contributed by atoms with Crippen LogP contribution in [-0.2, 0) is 33.4 Å². The van der Waals surface area contributed by atoms with Crippen LogP contribution in [0.4, 0.5) is 0 Å². The number of ether oxygens (including phenoxy) is 3. The summed E-state index contributed by atoms with van der Waals surface area (Å²) in [6, 6.07) is 0. The molecule has 30 heavy (non-hydrogen) atoms. The summed E-state index contributed by atoms with van der Waals surface area (Å²) in [5.41, 5.74) is -4.20. The molecular formula is C23H24O7. The van der Waals surface area contributed by atoms with Gasteiger partial charge in [0, 0.05) is 5.41 Å². The zero-order valence-electron chi connectivity index (χ0n) is 17.5. The molecule has 1 spiro atoms. The van der Waals surface area contributed by atoms with E-state index in [9.17, 15) is 19.2 Å². The van der Waals surface area contributed by atoms with Crippen LogP contribution in [0.25, 0.3) is 0 Å². The third kappa shape index (κ3) is 1.55. The molecule has 7 nitrogen and oxygen atoms in total. The molecule has 6 rings (SSSR count). The minimum absolute atomic E-state index is 0.0634. The molecule has 4 heterocycles. The van der Waals surface area contributed by atoms with Crippen LogP contribution in [0.2, 0.25) is 0 Å². The minimum Gasteiger partial charge on any atom is -0.462 e. The van der Waals surface area contributed by atoms with Crippen molar-refractivity contribution in [2.75, 3.05) is 6.61 Å². The lowest BCUT2D eigenvalue weighted by atomic mass is 9.40. The van der Waals surface area contributed by atoms with Crippen LogP contribution < -0.4 is 0 Å². The van der Waals surface area contributed by atoms with E-state index < -0.39 is 45.3 Å². The van der Waals surface area contributed by atoms with Gasteiger partial charge in [-0.3, -0.25) is 19.2 Å². The molecule has 2 bridgehead atoms. The zero-order valence-corrected chi connectivity index (χ0v) is 17.5. The molecular weight excluding hydrogens is 388 g/mol. The van der Waals surface area contributed by atoms with Gasteiger partial charge in [-0.25, -0.2) is 0 Å². The van der Waals surface area contributed by atoms with Gasteiger partial charge in [-0.05, 0) is 50.7 Å². The van der Waals surface area contributed by atoms with Crippen LogP contribution in [0.5, 0.6) is 0 Å². The number of Topliss-reactive ketones (excluding diaryl/α,β-unsaturated/α-hetero) is 2. The summed E-state index contributed by atoms with van der Waals surface area (Å²) in [6.07, 6.45) is 5.06. The molecule has 7 heteroatoms. The van der Waals surface area contributed by atoms with Crippen molar-refractivity contribution in [1.29, 1.82) is 0 Å². The normalized spacial score (nSPS) is 50.0. The average Bonchev–Trinajstić information content (AvgIpc) is 3.09. The SMILES string of the molecule is CC1(C)OC(=O)CC2=CC3CC4C(=O)[C@@]5(C)O[C@]46COC(=O)[C@]6(C5=O)[C@@]3(C)CC=C21. The monoisotopic (exact) mass is 412 g/mol. The molecule has 0 N–H and O–H groups in total. The van der Waals surface area contributed by atoms with E-state index in [1.54, 1.807) is 0 Å². The maximum absolute atomic E-state index is 13.8. The molecule has 4 saturated heterocycles. The van der Waals surface area contributed by atoms with Gasteiger partial charge >= 0.3 is 11.9 Å². The molecule has 0 amide bonds. The first-order chi connectivity index (χ1) is 13.9. The number of fused-ring (bicyclic) bond motifs is 3. The van der Waals surface area contributed by atoms with E-state index in [1.165, 1.54) is 6.92 Å². The van der Waals surface area contributed by atoms with Crippen molar-refractivity contribution < 1.29 is 33.4 Å². The van der Waals surface area contributed by atoms with Crippen LogP contribution in [0.15, 0.2) is 23.3 Å². The fourth-order valence-corrected chi connectivity index (χ4v) is 7.58. The average molecular weight is 412 g/mol. The van der Waals surface area contributed by atoms with Crippen molar-refractivity contribution in [3.8, 4) is 0 Å². The number of carbonyl (C=O) groups is 4. The Kier molecular flexibility index (Phi) is 2.95. The molecule has 0 aromatic heterocycles. The van der Waals surface area contributed by atoms with Gasteiger partial charge in [0.2, 0.25) is 0 Å². The second-order valence-corrected chi connectivity index (χ2v) is 10.5. The summed E-state index contributed by atoms with van der Waals surface area (Å²) in [5.74, 6) is -2.41. The second-order valence-electron chi connectivity index (χ2n) is 10.5. The molecule has 1 saturated carbocycles. The molecule has 158 valence electrons. The van der Waals surface area contributed by atoms with E-state index in [-0.39, 0.29) is 30.7 Å². The van der Waals surface area contributed by atoms with Crippen LogP contribution in [0.1, 0.15) is 47.0 Å². The Bertz CT molecular complexity index is 1050. The molecule has 6 atom stereocenters. The Morgan fingerprint density at radius 3 is 2.53 bits per heavy atom. The van der Waals surface area contributed by atoms with Crippen LogP contribution in [0, 0.1) is 22.7 Å². The highest BCUT2D eigenvalue weighted by molar-refractivity contribution is 6.27. The van der Waals surface area contributed by atoms with Crippen molar-refractivity contribution in [1.82, 2.24) is 0 Å². The third-order valence-electron chi connectivity index (χ3n) is 8.86. The summed E-state index contributed by atoms with van der Waals surface area (Å²) in [4.78, 5) is 52.6. The van der Waals surface area contributed by atoms with E-state index >= 15 is 0 Å². The van der Waals surface area contributed by atoms with Gasteiger partial charge in [0.05, 0.1) is 12.3 Å². The molecule has 2 unspecified atom stereocenters. The van der Waals surface area contributed by atoms with Gasteiger partial charge in [0.15, 0.2) is 22.6 Å². The van der Waals surface area contributed by atoms with Crippen molar-refractivity contribution in [3.05, 3.63) is 23.3 Å². The number of carbonyl (C=O) groups excluding carboxylic acids is 4. The van der Waals surface area contributed by atoms with Gasteiger partial charge in [-0.2, -0.15) is 0 Å². The molecule has 0 radical (unpaired) electrons. The molecule has 4 aliphatic heterocycles. The van der Waals surface area contributed by atoms with E-state index in [0.717, 1.165) is 11.1 Å². The number of esters is 2. The Labute approximate surface area is 173 Å². The van der Waals surface area contributed by atoms with E-state index in [1.807, 2.05) is 32.9 Å². The number of hydrogen-bond acceptors (Lipinski definition) is 7. The summed E-state index contributed by atoms with van der Waals surface area (Å²) in [6.45, 7) is 7.09. The van der Waals surface area contributed by atoms with Crippen LogP contribution in [-0.4, -0.2) is 46.9 Å². The smallest absolute Gasteiger partial charge is 0.323 e. The largest absolute Gasteiger partial charge is 0.462 e. The number of ketones is 2. The predicted octanol–water partition coefficient (Wildman–Crippen LogP) is 1.83. The van der Waals surface area contributed by atoms with Gasteiger partial charge in [0.25, 0.3) is 0 Å². The molecule has 0 aromatic carbocycles. The van der Waals surface area contributed by atoms with Gasteiger partial charge < -0.3 is 14.2 Å². The number of hydrogen-bond donors (Lipinski definition) is 0. The molecule has 2 aliphatic carbocycles. The Balaban J connectivity index is 1.62. The first-order valence-corrected chi connectivity index (χ1v) is 10.5. The summed E-state index contributed by atoms with van der Waals surface area (Å²) < 4.78 is 17.2. The van der Waals surface area contributed by atoms with E-state index in [2.05, 4.69) is 0 Å². The lowest BCUT2D eigenvalue weighted by Crippen LogP contribution is -2.71. The fraction of sp³-hybridized carbons (Fsp3) is 0.652. The van der Waals surface area contributed by atoms with Crippen LogP contribution >= 0.6 is 0 Å². The minimum atomic E-state index is -1.59. The van der Waals surface area contributed by atoms with Crippen molar-refractivity contribution in [2.24, 2.45) is 22.7 Å². The maximum Gasteiger partial charge on any atom is 0.323 e. The molecule has 6 aliphatic rings. The summed E-state index contributed by atoms with van der Waals surface area (Å²) in [7, 11) is 0. The second kappa shape index (κ2) is 4.79. The maximum atomic E-state index is 13.8. The lowest BCUT2D eigenvalue weighted by molar-refractivity contribution is -0.178.